The van der Waals surface area contributed by atoms with Crippen LogP contribution in [-0.4, -0.2) is 163 Å². The number of H-pyrrole nitrogens is 8. The number of aliphatic hydroxyl groups is 2. The molecule has 0 fully saturated rings. The Labute approximate surface area is 780 Å². The molecule has 4 aliphatic heterocycles. The van der Waals surface area contributed by atoms with Crippen molar-refractivity contribution in [1.29, 1.82) is 0 Å². The number of nitro benzene ring substituents is 1. The lowest BCUT2D eigenvalue weighted by molar-refractivity contribution is -0.384. The quantitative estimate of drug-likeness (QED) is 0.0290. The minimum Gasteiger partial charge on any atom is -0.494 e. The van der Waals surface area contributed by atoms with Crippen molar-refractivity contribution in [3.63, 3.8) is 0 Å². The molecule has 34 nitrogen and oxygen atoms in total. The Morgan fingerprint density at radius 3 is 1.09 bits per heavy atom. The van der Waals surface area contributed by atoms with Crippen molar-refractivity contribution in [3.05, 3.63) is 347 Å². The van der Waals surface area contributed by atoms with Crippen molar-refractivity contribution >= 4 is 199 Å². The number of aromatic nitrogens is 8. The number of aromatic hydroxyl groups is 6. The maximum atomic E-state index is 12.5. The first-order valence-electron chi connectivity index (χ1n) is 41.9. The number of carbonyl (C=O) groups excluding carboxylic acids is 3. The number of nitrogens with zero attached hydrogens (tertiary/aromatic N) is 8. The minimum atomic E-state index is -3.11. The average Bonchev–Trinajstić information content (AvgIpc) is 1.64. The number of non-ortho nitro benzene ring substituents is 1. The number of rotatable bonds is 13. The molecule has 12 aromatic carbocycles. The fourth-order valence-corrected chi connectivity index (χ4v) is 17.3. The Kier molecular flexibility index (Phi) is 24.5. The second-order valence-electron chi connectivity index (χ2n) is 31.4. The summed E-state index contributed by atoms with van der Waals surface area (Å²) in [4.78, 5) is 117. The number of benzene rings is 12. The first-order chi connectivity index (χ1) is 66.4. The van der Waals surface area contributed by atoms with Crippen LogP contribution in [-0.2, 0) is 10.6 Å². The molecule has 137 heavy (non-hydrogen) atoms. The van der Waals surface area contributed by atoms with Crippen molar-refractivity contribution in [1.82, 2.24) is 39.9 Å². The Morgan fingerprint density at radius 2 is 0.686 bits per heavy atom. The molecule has 16 N–H and O–H groups in total. The van der Waals surface area contributed by atoms with E-state index in [9.17, 15) is 70.1 Å². The second-order valence-corrected chi connectivity index (χ2v) is 32.7. The summed E-state index contributed by atoms with van der Waals surface area (Å²) in [6, 6.07) is 82.0. The summed E-state index contributed by atoms with van der Waals surface area (Å²) in [7, 11) is -3.11. The van der Waals surface area contributed by atoms with Crippen LogP contribution in [0.25, 0.3) is 110 Å². The van der Waals surface area contributed by atoms with Gasteiger partial charge in [-0.05, 0) is 127 Å². The zero-order chi connectivity index (χ0) is 95.7. The minimum absolute atomic E-state index is 0.00422. The summed E-state index contributed by atoms with van der Waals surface area (Å²) in [6.45, 7) is 2.04. The lowest BCUT2D eigenvalue weighted by Gasteiger charge is -2.07. The average molecular weight is 1910 g/mol. The highest BCUT2D eigenvalue weighted by Gasteiger charge is 2.35. The van der Waals surface area contributed by atoms with Crippen LogP contribution in [0.3, 0.4) is 0 Å². The number of nitro groups is 1. The van der Waals surface area contributed by atoms with Gasteiger partial charge in [0.05, 0.1) is 96.4 Å². The van der Waals surface area contributed by atoms with E-state index in [1.807, 2.05) is 213 Å². The van der Waals surface area contributed by atoms with Crippen LogP contribution in [0.5, 0.6) is 35.3 Å². The van der Waals surface area contributed by atoms with E-state index in [1.165, 1.54) is 18.2 Å². The molecule has 0 saturated heterocycles. The summed E-state index contributed by atoms with van der Waals surface area (Å²) in [5, 5.41) is 103. The number of aliphatic imine (C=N–C) groups is 5. The Morgan fingerprint density at radius 1 is 0.372 bits per heavy atom. The molecule has 0 bridgehead atoms. The van der Waals surface area contributed by atoms with Crippen molar-refractivity contribution < 1.29 is 72.8 Å². The van der Waals surface area contributed by atoms with Crippen LogP contribution in [0, 0.1) is 26.9 Å². The number of para-hydroxylation sites is 9. The molecule has 1 unspecified atom stereocenters. The number of aliphatic hydroxyl groups excluding tert-OH is 2. The predicted octanol–water partition coefficient (Wildman–Crippen LogP) is 20.9. The number of halogens is 1. The highest BCUT2D eigenvalue weighted by molar-refractivity contribution is 9.10. The maximum Gasteiger partial charge on any atom is 0.425 e. The van der Waals surface area contributed by atoms with Crippen LogP contribution in [0.15, 0.2) is 313 Å². The van der Waals surface area contributed by atoms with E-state index in [-0.39, 0.29) is 76.2 Å². The van der Waals surface area contributed by atoms with E-state index >= 15 is 0 Å². The van der Waals surface area contributed by atoms with E-state index in [2.05, 4.69) is 86.1 Å². The van der Waals surface area contributed by atoms with Crippen molar-refractivity contribution in [3.8, 4) is 57.8 Å². The zero-order valence-corrected chi connectivity index (χ0v) is 73.6. The third-order valence-corrected chi connectivity index (χ3v) is 23.5. The van der Waals surface area contributed by atoms with Crippen LogP contribution in [0.2, 0.25) is 0 Å². The first-order valence-corrected chi connectivity index (χ1v) is 43.7. The topological polar surface area (TPSA) is 554 Å². The third-order valence-electron chi connectivity index (χ3n) is 23.0. The van der Waals surface area contributed by atoms with E-state index < -0.39 is 21.6 Å². The number of nitroso groups, excluding NO2 is 2. The monoisotopic (exact) mass is 1910 g/mol. The summed E-state index contributed by atoms with van der Waals surface area (Å²) in [5.74, 6) is -0.813. The van der Waals surface area contributed by atoms with Crippen LogP contribution in [0.1, 0.15) is 70.9 Å². The second kappa shape index (κ2) is 37.5. The molecule has 0 saturated carbocycles. The standard InChI is InChI=1S/C20H19N3O3.C17H12N2O2.C16H10BrN3O2.C16H9N3O4.C16H11N3O2.C16H10N2O2.O3S/c24-11-12(25)9-10-21-18-14-6-2-4-8-16(14)22-19(18)17-13-5-1-3-7-15(13)23-20(17)26;1-9-6-7-13-11(8-9)14(17(21)19-13)15-16(20)10-4-2-3-5-12(10)18-15;17-8-5-6-9-12(7-8)19-16(21)13(9)15-14(20-22)10-3-1-2-4-11(10)18-15;20-15-9-3-1-2-4-11(9)17-14(15)13-10-7-8(19(22)23)5-6-12(10)18-16(13)21;20-16-13(9-5-1-3-7-11(9)18-16)15-14(19-21)10-6-2-4-8-12(10)17-15;19-15-10-6-2-4-8-12(10)17-14(15)13-9-5-1-3-7-11(9)18-16(13)20;1-4(2)3/h1-8,12,23-26H,9-11H2;2-8,19,21H,1H3;1-7,18-19,21H;1-7,18,21H;1-8,17-18,20H;1-8,18,20H;. The van der Waals surface area contributed by atoms with Gasteiger partial charge in [-0.3, -0.25) is 29.5 Å². The van der Waals surface area contributed by atoms with E-state index in [4.69, 9.17) is 22.7 Å². The van der Waals surface area contributed by atoms with Gasteiger partial charge in [0.25, 0.3) is 5.69 Å². The molecule has 0 amide bonds. The van der Waals surface area contributed by atoms with Gasteiger partial charge >= 0.3 is 10.6 Å². The van der Waals surface area contributed by atoms with Gasteiger partial charge in [-0.25, -0.2) is 20.0 Å². The van der Waals surface area contributed by atoms with E-state index in [0.29, 0.717) is 131 Å². The molecule has 1 atom stereocenters. The fourth-order valence-electron chi connectivity index (χ4n) is 16.9. The molecule has 20 aromatic rings. The van der Waals surface area contributed by atoms with Crippen molar-refractivity contribution in [2.45, 2.75) is 19.4 Å². The number of ketones is 3. The van der Waals surface area contributed by atoms with Gasteiger partial charge in [0.2, 0.25) is 17.3 Å². The predicted molar refractivity (Wildman–Crippen MR) is 527 cm³/mol. The molecule has 24 rings (SSSR count). The van der Waals surface area contributed by atoms with Crippen LogP contribution < -0.4 is 0 Å². The number of aromatic amines is 8. The molecule has 0 spiro atoms. The number of hydrogen-bond acceptors (Lipinski definition) is 25. The van der Waals surface area contributed by atoms with Gasteiger partial charge in [0.15, 0.2) is 35.3 Å². The number of hydrogen-bond donors (Lipinski definition) is 16. The third kappa shape index (κ3) is 17.1. The Hall–Kier alpha value is -18.3. The van der Waals surface area contributed by atoms with E-state index in [1.54, 1.807) is 48.5 Å². The zero-order valence-electron chi connectivity index (χ0n) is 71.2. The Bertz CT molecular complexity index is 8680. The van der Waals surface area contributed by atoms with Crippen LogP contribution >= 0.6 is 15.9 Å². The molecule has 0 radical (unpaired) electrons. The highest BCUT2D eigenvalue weighted by Crippen LogP contribution is 2.48. The van der Waals surface area contributed by atoms with Crippen molar-refractivity contribution in [2.24, 2.45) is 35.3 Å². The van der Waals surface area contributed by atoms with Crippen LogP contribution in [0.4, 0.5) is 39.8 Å². The molecule has 8 aromatic heterocycles. The number of aryl methyl sites for hydroxylation is 1. The van der Waals surface area contributed by atoms with Crippen molar-refractivity contribution in [2.75, 3.05) is 13.2 Å². The molecule has 12 heterocycles. The largest absolute Gasteiger partial charge is 0.494 e. The maximum absolute atomic E-state index is 12.5. The molecule has 36 heteroatoms. The number of nitrogens with one attached hydrogen (secondary N) is 8. The summed E-state index contributed by atoms with van der Waals surface area (Å²) in [6.07, 6.45) is -0.437. The molecular formula is C101H71BrN16O18S. The van der Waals surface area contributed by atoms with Gasteiger partial charge in [0.1, 0.15) is 34.2 Å². The molecule has 4 aliphatic rings. The Balaban J connectivity index is 0.000000109. The smallest absolute Gasteiger partial charge is 0.425 e. The van der Waals surface area contributed by atoms with Gasteiger partial charge in [-0.1, -0.05) is 179 Å². The molecule has 0 aliphatic carbocycles. The summed E-state index contributed by atoms with van der Waals surface area (Å²) < 4.78 is 26.2. The first kappa shape index (κ1) is 89.3. The van der Waals surface area contributed by atoms with E-state index in [0.717, 1.165) is 97.6 Å². The van der Waals surface area contributed by atoms with Gasteiger partial charge in [-0.15, -0.1) is 22.4 Å². The van der Waals surface area contributed by atoms with Gasteiger partial charge < -0.3 is 80.7 Å². The number of fused-ring (bicyclic) bond motifs is 12. The normalized spacial score (nSPS) is 13.1. The van der Waals surface area contributed by atoms with Gasteiger partial charge in [-0.2, -0.15) is 0 Å². The summed E-state index contributed by atoms with van der Waals surface area (Å²) in [5.41, 5.74) is 18.6. The summed E-state index contributed by atoms with van der Waals surface area (Å²) >= 11 is 3.40. The molecular weight excluding hydrogens is 1840 g/mol. The number of carbonyl (C=O) groups is 3. The number of Topliss-reactive ketones (excluding diaryl/α,β-unsaturated/α-hetero) is 3. The molecule has 676 valence electrons. The SMILES string of the molecule is Cc1ccc2[nH]c(O)c(C3=Nc4ccccc4C3=O)c2c1.O=C1C(c2c(O)[nH]c3ccc([N+](=O)[O-])cc23)=Nc2ccccc21.O=C1C(c2c(O)[nH]c3ccccc23)=Nc2ccccc21.O=Nc1c(-c2c(O)[nH]c3cc(Br)ccc23)[nH]c2ccccc12.O=Nc1c(-c2c(O)[nH]c3ccccc23)[nH]c2ccccc12.O=S(=O)=O.OCC(O)CCN=C1C(c2c(O)[nH]c3ccccc23)=Nc2ccccc21. The highest BCUT2D eigenvalue weighted by atomic mass is 79.9. The lowest BCUT2D eigenvalue weighted by Crippen LogP contribution is -2.16. The lowest BCUT2D eigenvalue weighted by atomic mass is 10.0. The van der Waals surface area contributed by atoms with Gasteiger partial charge in [0, 0.05) is 127 Å². The fraction of sp³-hybridized carbons (Fsp3) is 0.0495.